The topological polar surface area (TPSA) is 21.3 Å². The minimum absolute atomic E-state index is 0.750. The Morgan fingerprint density at radius 3 is 2.29 bits per heavy atom. The number of ether oxygens (including phenoxy) is 1. The second kappa shape index (κ2) is 5.66. The molecule has 0 spiro atoms. The monoisotopic (exact) mass is 101 g/mol. The van der Waals surface area contributed by atoms with Gasteiger partial charge in [0.15, 0.2) is 0 Å². The lowest BCUT2D eigenvalue weighted by Gasteiger charge is -1.76. The van der Waals surface area contributed by atoms with Crippen LogP contribution in [0, 0.1) is 0 Å². The van der Waals surface area contributed by atoms with E-state index in [9.17, 15) is 0 Å². The molecule has 1 N–H and O–H groups in total. The zero-order chi connectivity index (χ0) is 5.54. The van der Waals surface area contributed by atoms with Crippen molar-refractivity contribution in [1.82, 2.24) is 5.32 Å². The fourth-order valence-electron chi connectivity index (χ4n) is 0.361. The summed E-state index contributed by atoms with van der Waals surface area (Å²) < 4.78 is 4.83. The van der Waals surface area contributed by atoms with Gasteiger partial charge < -0.3 is 4.74 Å². The van der Waals surface area contributed by atoms with Crippen LogP contribution >= 0.6 is 0 Å². The maximum absolute atomic E-state index is 4.83. The lowest BCUT2D eigenvalue weighted by molar-refractivity contribution is 0.194. The highest BCUT2D eigenvalue weighted by Gasteiger charge is 1.92. The molecule has 0 aromatic carbocycles. The van der Waals surface area contributed by atoms with Crippen molar-refractivity contribution in [2.75, 3.05) is 19.9 Å². The van der Waals surface area contributed by atoms with E-state index in [4.69, 9.17) is 4.74 Å². The van der Waals surface area contributed by atoms with Crippen molar-refractivity contribution in [3.05, 3.63) is 13.2 Å². The van der Waals surface area contributed by atoms with Gasteiger partial charge in [-0.25, -0.2) is 0 Å². The molecule has 2 nitrogen and oxygen atoms in total. The van der Waals surface area contributed by atoms with Gasteiger partial charge in [0.1, 0.15) is 0 Å². The number of nitrogens with one attached hydrogen (secondary N) is 1. The summed E-state index contributed by atoms with van der Waals surface area (Å²) in [5, 5.41) is 3.00. The zero-order valence-corrected chi connectivity index (χ0v) is 4.44. The van der Waals surface area contributed by atoms with Gasteiger partial charge in [-0.3, -0.25) is 5.32 Å². The number of rotatable bonds is 0. The van der Waals surface area contributed by atoms with Crippen LogP contribution in [0.1, 0.15) is 0 Å². The highest BCUT2D eigenvalue weighted by molar-refractivity contribution is 4.43. The van der Waals surface area contributed by atoms with Gasteiger partial charge in [-0.05, 0) is 0 Å². The van der Waals surface area contributed by atoms with E-state index in [1.54, 1.807) is 0 Å². The quantitative estimate of drug-likeness (QED) is 0.445. The summed E-state index contributed by atoms with van der Waals surface area (Å²) in [7, 11) is 0. The Balaban J connectivity index is 0.000000162. The van der Waals surface area contributed by atoms with Crippen molar-refractivity contribution in [2.24, 2.45) is 0 Å². The van der Waals surface area contributed by atoms with Crippen molar-refractivity contribution >= 4 is 0 Å². The van der Waals surface area contributed by atoms with Gasteiger partial charge in [0, 0.05) is 6.54 Å². The Bertz CT molecular complexity index is 27.5. The van der Waals surface area contributed by atoms with Crippen LogP contribution in [0.2, 0.25) is 0 Å². The summed E-state index contributed by atoms with van der Waals surface area (Å²) in [4.78, 5) is 0. The largest absolute Gasteiger partial charge is 0.365 e. The molecule has 0 amide bonds. The first-order chi connectivity index (χ1) is 3.50. The first-order valence-corrected chi connectivity index (χ1v) is 2.28. The second-order valence-electron chi connectivity index (χ2n) is 1.05. The van der Waals surface area contributed by atoms with Crippen LogP contribution in [0.5, 0.6) is 0 Å². The molecule has 0 aromatic rings. The summed E-state index contributed by atoms with van der Waals surface area (Å²) in [6, 6.07) is 0. The third kappa shape index (κ3) is 3.49. The Hall–Kier alpha value is -0.340. The van der Waals surface area contributed by atoms with Crippen LogP contribution in [0.15, 0.2) is 13.2 Å². The average molecular weight is 101 g/mol. The van der Waals surface area contributed by atoms with E-state index in [-0.39, 0.29) is 0 Å². The SMILES string of the molecule is C1COCN1.C=C. The standard InChI is InChI=1S/C3H7NO.C2H4/c1-2-5-3-4-1;1-2/h4H,1-3H2;1-2H2. The average Bonchev–Trinajstić information content (AvgIpc) is 2.23. The molecule has 0 radical (unpaired) electrons. The molecule has 1 heterocycles. The third-order valence-corrected chi connectivity index (χ3v) is 0.627. The predicted octanol–water partition coefficient (Wildman–Crippen LogP) is 0.366. The van der Waals surface area contributed by atoms with Crippen molar-refractivity contribution in [2.45, 2.75) is 0 Å². The molecule has 0 unspecified atom stereocenters. The maximum Gasteiger partial charge on any atom is 0.0966 e. The molecule has 42 valence electrons. The van der Waals surface area contributed by atoms with Crippen LogP contribution in [0.25, 0.3) is 0 Å². The molecule has 1 saturated heterocycles. The zero-order valence-electron chi connectivity index (χ0n) is 4.44. The van der Waals surface area contributed by atoms with Crippen LogP contribution in [0.3, 0.4) is 0 Å². The van der Waals surface area contributed by atoms with Crippen molar-refractivity contribution in [1.29, 1.82) is 0 Å². The molecule has 7 heavy (non-hydrogen) atoms. The molecule has 1 fully saturated rings. The van der Waals surface area contributed by atoms with Gasteiger partial charge in [0.25, 0.3) is 0 Å². The van der Waals surface area contributed by atoms with E-state index >= 15 is 0 Å². The minimum atomic E-state index is 0.750. The summed E-state index contributed by atoms with van der Waals surface area (Å²) >= 11 is 0. The summed E-state index contributed by atoms with van der Waals surface area (Å²) in [6.45, 7) is 8.67. The van der Waals surface area contributed by atoms with Gasteiger partial charge in [-0.1, -0.05) is 0 Å². The Kier molecular flexibility index (Phi) is 5.39. The molecular formula is C5H11NO. The Morgan fingerprint density at radius 1 is 1.43 bits per heavy atom. The fraction of sp³-hybridized carbons (Fsp3) is 0.600. The first-order valence-electron chi connectivity index (χ1n) is 2.28. The summed E-state index contributed by atoms with van der Waals surface area (Å²) in [5.74, 6) is 0. The normalized spacial score (nSPS) is 17.7. The fourth-order valence-corrected chi connectivity index (χ4v) is 0.361. The van der Waals surface area contributed by atoms with Gasteiger partial charge in [-0.15, -0.1) is 13.2 Å². The van der Waals surface area contributed by atoms with E-state index in [0.717, 1.165) is 19.9 Å². The van der Waals surface area contributed by atoms with Gasteiger partial charge >= 0.3 is 0 Å². The number of hydrogen-bond acceptors (Lipinski definition) is 2. The second-order valence-corrected chi connectivity index (χ2v) is 1.05. The molecule has 0 bridgehead atoms. The third-order valence-electron chi connectivity index (χ3n) is 0.627. The van der Waals surface area contributed by atoms with E-state index in [2.05, 4.69) is 18.5 Å². The molecule has 1 aliphatic heterocycles. The Morgan fingerprint density at radius 2 is 2.14 bits per heavy atom. The van der Waals surface area contributed by atoms with E-state index in [1.165, 1.54) is 0 Å². The number of hydrogen-bond donors (Lipinski definition) is 1. The van der Waals surface area contributed by atoms with Gasteiger partial charge in [0.05, 0.1) is 13.3 Å². The highest BCUT2D eigenvalue weighted by atomic mass is 16.5. The Labute approximate surface area is 44.2 Å². The maximum atomic E-state index is 4.83. The molecule has 0 aliphatic carbocycles. The first kappa shape index (κ1) is 6.66. The summed E-state index contributed by atoms with van der Waals surface area (Å²) in [5.41, 5.74) is 0. The van der Waals surface area contributed by atoms with Crippen molar-refractivity contribution in [3.8, 4) is 0 Å². The smallest absolute Gasteiger partial charge is 0.0966 e. The highest BCUT2D eigenvalue weighted by Crippen LogP contribution is 1.75. The molecule has 2 heteroatoms. The van der Waals surface area contributed by atoms with Gasteiger partial charge in [0.2, 0.25) is 0 Å². The molecule has 0 aromatic heterocycles. The van der Waals surface area contributed by atoms with Crippen LogP contribution in [-0.2, 0) is 4.74 Å². The van der Waals surface area contributed by atoms with Crippen LogP contribution in [-0.4, -0.2) is 19.9 Å². The van der Waals surface area contributed by atoms with Gasteiger partial charge in [-0.2, -0.15) is 0 Å². The predicted molar refractivity (Wildman–Crippen MR) is 30.1 cm³/mol. The van der Waals surface area contributed by atoms with E-state index in [0.29, 0.717) is 0 Å². The van der Waals surface area contributed by atoms with E-state index < -0.39 is 0 Å². The molecular weight excluding hydrogens is 90.1 g/mol. The molecule has 0 saturated carbocycles. The molecule has 1 aliphatic rings. The minimum Gasteiger partial charge on any atom is -0.365 e. The molecule has 0 atom stereocenters. The van der Waals surface area contributed by atoms with Crippen molar-refractivity contribution < 1.29 is 4.74 Å². The summed E-state index contributed by atoms with van der Waals surface area (Å²) in [6.07, 6.45) is 0. The van der Waals surface area contributed by atoms with Crippen molar-refractivity contribution in [3.63, 3.8) is 0 Å². The van der Waals surface area contributed by atoms with Crippen LogP contribution in [0.4, 0.5) is 0 Å². The lowest BCUT2D eigenvalue weighted by atomic mass is 10.7. The van der Waals surface area contributed by atoms with Crippen LogP contribution < -0.4 is 5.32 Å². The molecule has 1 rings (SSSR count). The van der Waals surface area contributed by atoms with E-state index in [1.807, 2.05) is 0 Å². The lowest BCUT2D eigenvalue weighted by Crippen LogP contribution is -2.05.